The summed E-state index contributed by atoms with van der Waals surface area (Å²) in [6.07, 6.45) is 0.844. The largest absolute Gasteiger partial charge is 0.333 e. The highest BCUT2D eigenvalue weighted by Gasteiger charge is 2.32. The Morgan fingerprint density at radius 2 is 1.75 bits per heavy atom. The molecule has 0 aromatic heterocycles. The first kappa shape index (κ1) is 12.4. The summed E-state index contributed by atoms with van der Waals surface area (Å²) >= 11 is 0. The van der Waals surface area contributed by atoms with E-state index in [4.69, 9.17) is 0 Å². The van der Waals surface area contributed by atoms with Crippen molar-refractivity contribution in [3.05, 3.63) is 0 Å². The quantitative estimate of drug-likeness (QED) is 0.439. The van der Waals surface area contributed by atoms with Crippen molar-refractivity contribution in [2.75, 3.05) is 0 Å². The number of hydrogen-bond donors (Lipinski definition) is 0. The van der Waals surface area contributed by atoms with Crippen LogP contribution in [-0.4, -0.2) is 36.4 Å². The molecule has 2 amide bonds. The summed E-state index contributed by atoms with van der Waals surface area (Å²) in [6, 6.07) is 0. The lowest BCUT2D eigenvalue weighted by atomic mass is 9.97. The van der Waals surface area contributed by atoms with Gasteiger partial charge in [0, 0.05) is 19.3 Å². The van der Waals surface area contributed by atoms with Gasteiger partial charge in [-0.1, -0.05) is 0 Å². The molecule has 6 nitrogen and oxygen atoms in total. The maximum Gasteiger partial charge on any atom is 0.333 e. The van der Waals surface area contributed by atoms with Crippen molar-refractivity contribution in [1.29, 1.82) is 0 Å². The van der Waals surface area contributed by atoms with Crippen molar-refractivity contribution in [2.45, 2.75) is 32.1 Å². The molecule has 1 fully saturated rings. The normalized spacial score (nSPS) is 15.4. The van der Waals surface area contributed by atoms with E-state index >= 15 is 0 Å². The first-order valence-electron chi connectivity index (χ1n) is 5.06. The molecule has 1 heterocycles. The zero-order valence-corrected chi connectivity index (χ0v) is 9.02. The summed E-state index contributed by atoms with van der Waals surface area (Å²) in [7, 11) is 1.43. The first-order valence-corrected chi connectivity index (χ1v) is 5.06. The van der Waals surface area contributed by atoms with Crippen LogP contribution in [0.5, 0.6) is 0 Å². The topological polar surface area (TPSA) is 80.8 Å². The Hall–Kier alpha value is -1.66. The van der Waals surface area contributed by atoms with E-state index < -0.39 is 17.8 Å². The van der Waals surface area contributed by atoms with E-state index in [-0.39, 0.29) is 31.4 Å². The highest BCUT2D eigenvalue weighted by Crippen LogP contribution is 2.13. The van der Waals surface area contributed by atoms with Crippen LogP contribution in [0.1, 0.15) is 32.1 Å². The van der Waals surface area contributed by atoms with Crippen LogP contribution in [-0.2, 0) is 24.0 Å². The number of nitrogens with zero attached hydrogens (tertiary/aromatic N) is 1. The number of hydrogen-bond acceptors (Lipinski definition) is 5. The molecular formula is C9H12BNO5. The Labute approximate surface area is 93.3 Å². The fraction of sp³-hybridized carbons (Fsp3) is 0.556. The molecule has 0 aliphatic carbocycles. The van der Waals surface area contributed by atoms with Crippen molar-refractivity contribution >= 4 is 31.3 Å². The van der Waals surface area contributed by atoms with Crippen LogP contribution in [0.3, 0.4) is 0 Å². The maximum atomic E-state index is 11.2. The van der Waals surface area contributed by atoms with Gasteiger partial charge in [-0.3, -0.25) is 9.59 Å². The van der Waals surface area contributed by atoms with Gasteiger partial charge in [0.05, 0.1) is 5.68 Å². The molecule has 0 atom stereocenters. The highest BCUT2D eigenvalue weighted by atomic mass is 16.7. The molecule has 1 saturated heterocycles. The van der Waals surface area contributed by atoms with Gasteiger partial charge in [0.1, 0.15) is 0 Å². The lowest BCUT2D eigenvalue weighted by Crippen LogP contribution is -2.32. The number of imide groups is 1. The Bertz CT molecular complexity index is 325. The number of carbonyl (C=O) groups excluding carboxylic acids is 4. The van der Waals surface area contributed by atoms with Crippen LogP contribution in [0.15, 0.2) is 0 Å². The molecule has 0 aromatic rings. The highest BCUT2D eigenvalue weighted by molar-refractivity contribution is 6.57. The zero-order valence-electron chi connectivity index (χ0n) is 9.02. The average molecular weight is 225 g/mol. The lowest BCUT2D eigenvalue weighted by Gasteiger charge is -2.12. The van der Waals surface area contributed by atoms with E-state index in [1.807, 2.05) is 0 Å². The molecular weight excluding hydrogens is 213 g/mol. The summed E-state index contributed by atoms with van der Waals surface area (Å²) in [5.41, 5.74) is -0.0128. The maximum absolute atomic E-state index is 11.2. The SMILES string of the molecule is BC(=O)CCCC(=O)ON1C(=O)CCC1=O. The van der Waals surface area contributed by atoms with Crippen LogP contribution in [0.4, 0.5) is 0 Å². The molecule has 1 rings (SSSR count). The van der Waals surface area contributed by atoms with Crippen molar-refractivity contribution in [3.8, 4) is 0 Å². The predicted molar refractivity (Wildman–Crippen MR) is 54.6 cm³/mol. The fourth-order valence-corrected chi connectivity index (χ4v) is 1.29. The molecule has 0 saturated carbocycles. The van der Waals surface area contributed by atoms with Gasteiger partial charge in [0.2, 0.25) is 0 Å². The second-order valence-corrected chi connectivity index (χ2v) is 3.60. The average Bonchev–Trinajstić information content (AvgIpc) is 2.49. The van der Waals surface area contributed by atoms with Gasteiger partial charge >= 0.3 is 5.97 Å². The van der Waals surface area contributed by atoms with Gasteiger partial charge < -0.3 is 9.63 Å². The van der Waals surface area contributed by atoms with Crippen molar-refractivity contribution in [2.24, 2.45) is 0 Å². The lowest BCUT2D eigenvalue weighted by molar-refractivity contribution is -0.197. The molecule has 0 unspecified atom stereocenters. The summed E-state index contributed by atoms with van der Waals surface area (Å²) in [6.45, 7) is 0. The molecule has 1 aliphatic rings. The number of hydroxylamine groups is 2. The van der Waals surface area contributed by atoms with E-state index in [0.29, 0.717) is 11.5 Å². The third kappa shape index (κ3) is 3.49. The molecule has 16 heavy (non-hydrogen) atoms. The first-order chi connectivity index (χ1) is 7.50. The Morgan fingerprint density at radius 1 is 1.19 bits per heavy atom. The van der Waals surface area contributed by atoms with Gasteiger partial charge in [-0.05, 0) is 12.8 Å². The van der Waals surface area contributed by atoms with E-state index in [0.717, 1.165) is 0 Å². The van der Waals surface area contributed by atoms with Gasteiger partial charge in [-0.2, -0.15) is 0 Å². The summed E-state index contributed by atoms with van der Waals surface area (Å²) < 4.78 is 0. The van der Waals surface area contributed by atoms with E-state index in [2.05, 4.69) is 4.84 Å². The fourth-order valence-electron chi connectivity index (χ4n) is 1.29. The van der Waals surface area contributed by atoms with E-state index in [1.165, 1.54) is 7.85 Å². The van der Waals surface area contributed by atoms with Crippen LogP contribution in [0.2, 0.25) is 0 Å². The van der Waals surface area contributed by atoms with Crippen LogP contribution in [0.25, 0.3) is 0 Å². The predicted octanol–water partition coefficient (Wildman–Crippen LogP) is -1.08. The second kappa shape index (κ2) is 5.43. The van der Waals surface area contributed by atoms with Crippen molar-refractivity contribution < 1.29 is 24.0 Å². The van der Waals surface area contributed by atoms with Crippen molar-refractivity contribution in [3.63, 3.8) is 0 Å². The van der Waals surface area contributed by atoms with Gasteiger partial charge in [-0.15, -0.1) is 5.06 Å². The van der Waals surface area contributed by atoms with Crippen LogP contribution in [0, 0.1) is 0 Å². The summed E-state index contributed by atoms with van der Waals surface area (Å²) in [5.74, 6) is -1.65. The minimum absolute atomic E-state index is 0.0128. The van der Waals surface area contributed by atoms with Gasteiger partial charge in [-0.25, -0.2) is 4.79 Å². The number of rotatable bonds is 5. The molecule has 1 aliphatic heterocycles. The van der Waals surface area contributed by atoms with E-state index in [1.54, 1.807) is 0 Å². The third-order valence-electron chi connectivity index (χ3n) is 2.11. The Morgan fingerprint density at radius 3 is 2.25 bits per heavy atom. The molecule has 86 valence electrons. The molecule has 0 N–H and O–H groups in total. The van der Waals surface area contributed by atoms with E-state index in [9.17, 15) is 19.2 Å². The second-order valence-electron chi connectivity index (χ2n) is 3.60. The zero-order chi connectivity index (χ0) is 12.1. The third-order valence-corrected chi connectivity index (χ3v) is 2.11. The minimum Gasteiger partial charge on any atom is -0.330 e. The minimum atomic E-state index is -0.662. The number of amides is 2. The smallest absolute Gasteiger partial charge is 0.330 e. The van der Waals surface area contributed by atoms with Crippen LogP contribution < -0.4 is 0 Å². The Balaban J connectivity index is 2.31. The van der Waals surface area contributed by atoms with Crippen molar-refractivity contribution in [1.82, 2.24) is 5.06 Å². The molecule has 0 bridgehead atoms. The van der Waals surface area contributed by atoms with Gasteiger partial charge in [0.15, 0.2) is 7.85 Å². The molecule has 7 heteroatoms. The van der Waals surface area contributed by atoms with Gasteiger partial charge in [0.25, 0.3) is 11.8 Å². The summed E-state index contributed by atoms with van der Waals surface area (Å²) in [4.78, 5) is 48.5. The Kier molecular flexibility index (Phi) is 4.22. The molecule has 0 spiro atoms. The summed E-state index contributed by atoms with van der Waals surface area (Å²) in [5, 5.41) is 0.510. The number of carbonyl (C=O) groups is 4. The molecule has 0 aromatic carbocycles. The standard InChI is InChI=1S/C9H12BNO5/c10-6(12)2-1-3-9(15)16-11-7(13)4-5-8(11)14/h1-5,10H2. The monoisotopic (exact) mass is 225 g/mol. The van der Waals surface area contributed by atoms with Crippen LogP contribution >= 0.6 is 0 Å². The molecule has 0 radical (unpaired) electrons.